The van der Waals surface area contributed by atoms with Crippen LogP contribution in [0.2, 0.25) is 0 Å². The largest absolute Gasteiger partial charge is 0.390 e. The molecule has 2 aliphatic carbocycles. The van der Waals surface area contributed by atoms with Crippen LogP contribution in [0, 0.1) is 25.7 Å². The maximum Gasteiger partial charge on any atom is 0.225 e. The number of pyridine rings is 1. The summed E-state index contributed by atoms with van der Waals surface area (Å²) in [6, 6.07) is 2.19. The molecule has 5 N–H and O–H groups in total. The van der Waals surface area contributed by atoms with Crippen molar-refractivity contribution in [3.05, 3.63) is 23.7 Å². The van der Waals surface area contributed by atoms with Crippen molar-refractivity contribution in [2.75, 3.05) is 10.6 Å². The smallest absolute Gasteiger partial charge is 0.225 e. The van der Waals surface area contributed by atoms with E-state index in [1.54, 1.807) is 20.0 Å². The van der Waals surface area contributed by atoms with Gasteiger partial charge in [0.2, 0.25) is 5.95 Å². The lowest BCUT2D eigenvalue weighted by Crippen LogP contribution is -2.48. The highest BCUT2D eigenvalue weighted by molar-refractivity contribution is 7.21. The van der Waals surface area contributed by atoms with Gasteiger partial charge in [0.1, 0.15) is 22.4 Å². The zero-order valence-corrected chi connectivity index (χ0v) is 22.4. The average molecular weight is 513 g/mol. The first-order valence-corrected chi connectivity index (χ1v) is 13.5. The standard InChI is InChI=1S/C26H36N6O3S/c1-13(16-6-7-16)28-24-29-14(2)19(23-30-20-15(3)27-11-9-18(20)36-23)22(31-24)32-26(35)10-8-17(21(26)33)12-25(4,5)34/h9,11,13,16-17,21,33-35H,6-8,10,12H2,1-5H3,(H2,28,29,31,32). The summed E-state index contributed by atoms with van der Waals surface area (Å²) in [7, 11) is 0. The Labute approximate surface area is 215 Å². The molecular weight excluding hydrogens is 476 g/mol. The summed E-state index contributed by atoms with van der Waals surface area (Å²) in [4.78, 5) is 18.8. The van der Waals surface area contributed by atoms with Gasteiger partial charge in [-0.05, 0) is 84.6 Å². The summed E-state index contributed by atoms with van der Waals surface area (Å²) in [5.74, 6) is 1.30. The second-order valence-corrected chi connectivity index (χ2v) is 12.2. The molecule has 3 heterocycles. The molecule has 0 amide bonds. The molecule has 0 aliphatic heterocycles. The predicted molar refractivity (Wildman–Crippen MR) is 142 cm³/mol. The maximum absolute atomic E-state index is 11.5. The molecule has 2 fully saturated rings. The molecule has 3 aromatic heterocycles. The molecule has 0 aromatic carbocycles. The van der Waals surface area contributed by atoms with Gasteiger partial charge in [0, 0.05) is 12.2 Å². The van der Waals surface area contributed by atoms with Gasteiger partial charge in [-0.3, -0.25) is 4.98 Å². The third kappa shape index (κ3) is 5.04. The monoisotopic (exact) mass is 512 g/mol. The lowest BCUT2D eigenvalue weighted by Gasteiger charge is -2.32. The number of hydrogen-bond donors (Lipinski definition) is 5. The van der Waals surface area contributed by atoms with Gasteiger partial charge in [0.15, 0.2) is 5.72 Å². The number of fused-ring (bicyclic) bond motifs is 1. The van der Waals surface area contributed by atoms with Crippen molar-refractivity contribution in [2.24, 2.45) is 11.8 Å². The number of aliphatic hydroxyl groups excluding tert-OH is 1. The van der Waals surface area contributed by atoms with E-state index in [0.29, 0.717) is 42.5 Å². The Kier molecular flexibility index (Phi) is 6.43. The van der Waals surface area contributed by atoms with Gasteiger partial charge in [-0.1, -0.05) is 0 Å². The Balaban J connectivity index is 1.54. The van der Waals surface area contributed by atoms with E-state index in [4.69, 9.17) is 15.0 Å². The number of hydrogen-bond acceptors (Lipinski definition) is 10. The van der Waals surface area contributed by atoms with E-state index in [1.165, 1.54) is 24.2 Å². The Hall–Kier alpha value is -2.40. The zero-order valence-electron chi connectivity index (χ0n) is 21.5. The minimum atomic E-state index is -1.58. The van der Waals surface area contributed by atoms with Crippen molar-refractivity contribution in [1.29, 1.82) is 0 Å². The van der Waals surface area contributed by atoms with Gasteiger partial charge in [0.05, 0.1) is 27.3 Å². The highest BCUT2D eigenvalue weighted by Gasteiger charge is 2.48. The van der Waals surface area contributed by atoms with Crippen LogP contribution in [0.3, 0.4) is 0 Å². The summed E-state index contributed by atoms with van der Waals surface area (Å²) in [5.41, 5.74) is 0.588. The molecule has 9 nitrogen and oxygen atoms in total. The zero-order chi connectivity index (χ0) is 25.8. The van der Waals surface area contributed by atoms with Crippen molar-refractivity contribution in [3.63, 3.8) is 0 Å². The molecule has 5 rings (SSSR count). The number of anilines is 2. The third-order valence-corrected chi connectivity index (χ3v) is 8.45. The van der Waals surface area contributed by atoms with E-state index < -0.39 is 17.4 Å². The molecule has 2 saturated carbocycles. The molecular formula is C26H36N6O3S. The van der Waals surface area contributed by atoms with E-state index in [-0.39, 0.29) is 12.0 Å². The average Bonchev–Trinajstić information content (AvgIpc) is 3.49. The van der Waals surface area contributed by atoms with E-state index in [1.807, 2.05) is 19.9 Å². The molecule has 36 heavy (non-hydrogen) atoms. The number of aromatic nitrogens is 4. The quantitative estimate of drug-likeness (QED) is 0.284. The summed E-state index contributed by atoms with van der Waals surface area (Å²) in [6.07, 6.45) is 4.42. The molecule has 3 aromatic rings. The Bertz CT molecular complexity index is 1270. The normalized spacial score (nSPS) is 25.3. The molecule has 4 unspecified atom stereocenters. The van der Waals surface area contributed by atoms with Gasteiger partial charge in [-0.2, -0.15) is 4.98 Å². The fourth-order valence-corrected chi connectivity index (χ4v) is 6.40. The fraction of sp³-hybridized carbons (Fsp3) is 0.615. The van der Waals surface area contributed by atoms with Crippen molar-refractivity contribution >= 4 is 33.3 Å². The highest BCUT2D eigenvalue weighted by atomic mass is 32.1. The van der Waals surface area contributed by atoms with Crippen LogP contribution in [0.25, 0.3) is 20.8 Å². The lowest BCUT2D eigenvalue weighted by molar-refractivity contribution is -0.0604. The SMILES string of the molecule is Cc1nc(NC(C)C2CC2)nc(NC2(O)CCC(CC(C)(C)O)C2O)c1-c1nc2c(C)nccc2s1. The van der Waals surface area contributed by atoms with Crippen LogP contribution in [0.4, 0.5) is 11.8 Å². The number of nitrogens with zero attached hydrogens (tertiary/aromatic N) is 4. The van der Waals surface area contributed by atoms with Crippen LogP contribution in [0.15, 0.2) is 12.3 Å². The third-order valence-electron chi connectivity index (χ3n) is 7.41. The van der Waals surface area contributed by atoms with E-state index in [9.17, 15) is 15.3 Å². The summed E-state index contributed by atoms with van der Waals surface area (Å²) in [6.45, 7) is 9.43. The second kappa shape index (κ2) is 9.16. The lowest BCUT2D eigenvalue weighted by atomic mass is 9.90. The number of rotatable bonds is 8. The number of thiazole rings is 1. The molecule has 0 spiro atoms. The van der Waals surface area contributed by atoms with Crippen LogP contribution in [-0.2, 0) is 0 Å². The molecule has 0 saturated heterocycles. The van der Waals surface area contributed by atoms with Crippen molar-refractivity contribution in [2.45, 2.75) is 90.2 Å². The molecule has 194 valence electrons. The first kappa shape index (κ1) is 25.3. The van der Waals surface area contributed by atoms with E-state index >= 15 is 0 Å². The first-order valence-electron chi connectivity index (χ1n) is 12.7. The van der Waals surface area contributed by atoms with Crippen LogP contribution in [-0.4, -0.2) is 58.7 Å². The van der Waals surface area contributed by atoms with E-state index in [0.717, 1.165) is 26.6 Å². The molecule has 2 aliphatic rings. The van der Waals surface area contributed by atoms with Gasteiger partial charge in [0.25, 0.3) is 0 Å². The van der Waals surface area contributed by atoms with Crippen LogP contribution < -0.4 is 10.6 Å². The minimum Gasteiger partial charge on any atom is -0.390 e. The number of aryl methyl sites for hydroxylation is 2. The van der Waals surface area contributed by atoms with Crippen molar-refractivity contribution in [1.82, 2.24) is 19.9 Å². The van der Waals surface area contributed by atoms with E-state index in [2.05, 4.69) is 22.5 Å². The van der Waals surface area contributed by atoms with Crippen molar-refractivity contribution < 1.29 is 15.3 Å². The van der Waals surface area contributed by atoms with Crippen LogP contribution >= 0.6 is 11.3 Å². The van der Waals surface area contributed by atoms with Gasteiger partial charge in [-0.15, -0.1) is 11.3 Å². The molecule has 0 bridgehead atoms. The molecule has 4 atom stereocenters. The number of aliphatic hydroxyl groups is 3. The van der Waals surface area contributed by atoms with Gasteiger partial charge < -0.3 is 26.0 Å². The van der Waals surface area contributed by atoms with Gasteiger partial charge >= 0.3 is 0 Å². The summed E-state index contributed by atoms with van der Waals surface area (Å²) in [5, 5.41) is 40.3. The predicted octanol–water partition coefficient (Wildman–Crippen LogP) is 4.01. The Morgan fingerprint density at radius 1 is 1.17 bits per heavy atom. The highest BCUT2D eigenvalue weighted by Crippen LogP contribution is 2.43. The van der Waals surface area contributed by atoms with Gasteiger partial charge in [-0.25, -0.2) is 9.97 Å². The minimum absolute atomic E-state index is 0.238. The topological polar surface area (TPSA) is 136 Å². The first-order chi connectivity index (χ1) is 16.9. The van der Waals surface area contributed by atoms with Crippen LogP contribution in [0.1, 0.15) is 64.3 Å². The number of nitrogens with one attached hydrogen (secondary N) is 2. The van der Waals surface area contributed by atoms with Crippen molar-refractivity contribution in [3.8, 4) is 10.6 Å². The Morgan fingerprint density at radius 3 is 2.58 bits per heavy atom. The summed E-state index contributed by atoms with van der Waals surface area (Å²) < 4.78 is 1.01. The molecule has 0 radical (unpaired) electrons. The fourth-order valence-electron chi connectivity index (χ4n) is 5.29. The van der Waals surface area contributed by atoms with Crippen LogP contribution in [0.5, 0.6) is 0 Å². The molecule has 10 heteroatoms. The maximum atomic E-state index is 11.5. The Morgan fingerprint density at radius 2 is 1.92 bits per heavy atom. The summed E-state index contributed by atoms with van der Waals surface area (Å²) >= 11 is 1.52. The second-order valence-electron chi connectivity index (χ2n) is 11.2.